The number of carbonyl (C=O) groups excluding carboxylic acids is 2. The fourth-order valence-electron chi connectivity index (χ4n) is 2.93. The van der Waals surface area contributed by atoms with E-state index < -0.39 is 0 Å². The molecular formula is C14H19N3O3. The van der Waals surface area contributed by atoms with Crippen LogP contribution in [0.3, 0.4) is 0 Å². The number of aromatic amines is 1. The molecule has 2 fully saturated rings. The lowest BCUT2D eigenvalue weighted by Crippen LogP contribution is -2.31. The maximum atomic E-state index is 12.4. The molecule has 1 unspecified atom stereocenters. The SMILES string of the molecule is CCOC(=O)C1CCN(C(=O)[C@@H]2C[C@H]2c2cnc[nH]2)C1. The first-order chi connectivity index (χ1) is 9.70. The third-order valence-electron chi connectivity index (χ3n) is 4.15. The maximum Gasteiger partial charge on any atom is 0.310 e. The van der Waals surface area contributed by atoms with Gasteiger partial charge in [0.05, 0.1) is 18.9 Å². The number of esters is 1. The molecule has 0 aromatic carbocycles. The van der Waals surface area contributed by atoms with Crippen molar-refractivity contribution in [2.45, 2.75) is 25.7 Å². The lowest BCUT2D eigenvalue weighted by molar-refractivity contribution is -0.147. The van der Waals surface area contributed by atoms with Crippen molar-refractivity contribution in [1.82, 2.24) is 14.9 Å². The maximum absolute atomic E-state index is 12.4. The summed E-state index contributed by atoms with van der Waals surface area (Å²) in [6.07, 6.45) is 5.01. The summed E-state index contributed by atoms with van der Waals surface area (Å²) < 4.78 is 5.02. The van der Waals surface area contributed by atoms with E-state index in [2.05, 4.69) is 9.97 Å². The van der Waals surface area contributed by atoms with E-state index in [0.717, 1.165) is 12.1 Å². The van der Waals surface area contributed by atoms with Crippen LogP contribution < -0.4 is 0 Å². The normalized spacial score (nSPS) is 28.4. The number of H-pyrrole nitrogens is 1. The van der Waals surface area contributed by atoms with Crippen LogP contribution in [0.4, 0.5) is 0 Å². The average Bonchev–Trinajstić information content (AvgIpc) is 2.90. The summed E-state index contributed by atoms with van der Waals surface area (Å²) in [7, 11) is 0. The number of hydrogen-bond acceptors (Lipinski definition) is 4. The van der Waals surface area contributed by atoms with E-state index in [1.807, 2.05) is 4.90 Å². The molecule has 1 aliphatic carbocycles. The number of nitrogens with zero attached hydrogens (tertiary/aromatic N) is 2. The second-order valence-corrected chi connectivity index (χ2v) is 5.48. The van der Waals surface area contributed by atoms with Crippen LogP contribution in [0.25, 0.3) is 0 Å². The fourth-order valence-corrected chi connectivity index (χ4v) is 2.93. The van der Waals surface area contributed by atoms with Crippen molar-refractivity contribution in [2.75, 3.05) is 19.7 Å². The molecule has 2 aliphatic rings. The van der Waals surface area contributed by atoms with Gasteiger partial charge in [0, 0.05) is 36.8 Å². The minimum atomic E-state index is -0.177. The predicted molar refractivity (Wildman–Crippen MR) is 70.8 cm³/mol. The smallest absolute Gasteiger partial charge is 0.310 e. The number of imidazole rings is 1. The minimum absolute atomic E-state index is 0.0522. The van der Waals surface area contributed by atoms with E-state index in [1.54, 1.807) is 19.4 Å². The van der Waals surface area contributed by atoms with E-state index in [-0.39, 0.29) is 29.6 Å². The lowest BCUT2D eigenvalue weighted by atomic mass is 10.1. The summed E-state index contributed by atoms with van der Waals surface area (Å²) >= 11 is 0. The van der Waals surface area contributed by atoms with E-state index >= 15 is 0 Å². The summed E-state index contributed by atoms with van der Waals surface area (Å²) in [5, 5.41) is 0. The van der Waals surface area contributed by atoms with Crippen molar-refractivity contribution in [3.8, 4) is 0 Å². The summed E-state index contributed by atoms with van der Waals surface area (Å²) in [5.41, 5.74) is 1.03. The van der Waals surface area contributed by atoms with Crippen LogP contribution in [0.15, 0.2) is 12.5 Å². The van der Waals surface area contributed by atoms with Crippen LogP contribution >= 0.6 is 0 Å². The van der Waals surface area contributed by atoms with Gasteiger partial charge in [-0.05, 0) is 19.8 Å². The van der Waals surface area contributed by atoms with Crippen molar-refractivity contribution in [1.29, 1.82) is 0 Å². The van der Waals surface area contributed by atoms with E-state index in [1.165, 1.54) is 0 Å². The van der Waals surface area contributed by atoms with Crippen LogP contribution in [0.2, 0.25) is 0 Å². The topological polar surface area (TPSA) is 75.3 Å². The van der Waals surface area contributed by atoms with Gasteiger partial charge in [-0.1, -0.05) is 0 Å². The highest BCUT2D eigenvalue weighted by molar-refractivity contribution is 5.84. The first kappa shape index (κ1) is 13.1. The molecule has 0 radical (unpaired) electrons. The number of ether oxygens (including phenoxy) is 1. The minimum Gasteiger partial charge on any atom is -0.466 e. The number of nitrogens with one attached hydrogen (secondary N) is 1. The largest absolute Gasteiger partial charge is 0.466 e. The second kappa shape index (κ2) is 5.26. The molecule has 1 aromatic rings. The fraction of sp³-hybridized carbons (Fsp3) is 0.643. The Labute approximate surface area is 117 Å². The number of hydrogen-bond donors (Lipinski definition) is 1. The molecule has 1 aromatic heterocycles. The predicted octanol–water partition coefficient (Wildman–Crippen LogP) is 0.925. The van der Waals surface area contributed by atoms with Gasteiger partial charge >= 0.3 is 5.97 Å². The standard InChI is InChI=1S/C14H19N3O3/c1-2-20-14(19)9-3-4-17(7-9)13(18)11-5-10(11)12-6-15-8-16-12/h6,8-11H,2-5,7H2,1H3,(H,15,16)/t9?,10-,11-/m1/s1. The van der Waals surface area contributed by atoms with Gasteiger partial charge in [-0.2, -0.15) is 0 Å². The zero-order chi connectivity index (χ0) is 14.1. The van der Waals surface area contributed by atoms with Gasteiger partial charge in [-0.15, -0.1) is 0 Å². The van der Waals surface area contributed by atoms with Crippen LogP contribution in [0, 0.1) is 11.8 Å². The Bertz CT molecular complexity index is 500. The van der Waals surface area contributed by atoms with Crippen molar-refractivity contribution in [3.05, 3.63) is 18.2 Å². The van der Waals surface area contributed by atoms with Gasteiger partial charge in [0.15, 0.2) is 0 Å². The molecule has 1 saturated carbocycles. The van der Waals surface area contributed by atoms with Gasteiger partial charge in [0.2, 0.25) is 5.91 Å². The number of amides is 1. The van der Waals surface area contributed by atoms with E-state index in [9.17, 15) is 9.59 Å². The van der Waals surface area contributed by atoms with Crippen LogP contribution in [-0.4, -0.2) is 46.4 Å². The molecule has 1 aliphatic heterocycles. The molecule has 108 valence electrons. The van der Waals surface area contributed by atoms with Gasteiger partial charge in [-0.25, -0.2) is 4.98 Å². The van der Waals surface area contributed by atoms with E-state index in [0.29, 0.717) is 26.1 Å². The average molecular weight is 277 g/mol. The first-order valence-corrected chi connectivity index (χ1v) is 7.14. The summed E-state index contributed by atoms with van der Waals surface area (Å²) in [5.74, 6) is 0.159. The molecule has 3 atom stereocenters. The molecule has 0 bridgehead atoms. The van der Waals surface area contributed by atoms with Crippen LogP contribution in [0.1, 0.15) is 31.4 Å². The monoisotopic (exact) mass is 277 g/mol. The zero-order valence-electron chi connectivity index (χ0n) is 11.5. The van der Waals surface area contributed by atoms with Crippen molar-refractivity contribution < 1.29 is 14.3 Å². The molecule has 20 heavy (non-hydrogen) atoms. The molecular weight excluding hydrogens is 258 g/mol. The van der Waals surface area contributed by atoms with Crippen molar-refractivity contribution in [3.63, 3.8) is 0 Å². The zero-order valence-corrected chi connectivity index (χ0v) is 11.5. The highest BCUT2D eigenvalue weighted by atomic mass is 16.5. The Morgan fingerprint density at radius 3 is 3.10 bits per heavy atom. The Hall–Kier alpha value is -1.85. The van der Waals surface area contributed by atoms with Gasteiger partial charge in [0.1, 0.15) is 0 Å². The third kappa shape index (κ3) is 2.42. The Morgan fingerprint density at radius 1 is 1.55 bits per heavy atom. The highest BCUT2D eigenvalue weighted by Crippen LogP contribution is 2.48. The molecule has 1 saturated heterocycles. The van der Waals surface area contributed by atoms with Crippen LogP contribution in [-0.2, 0) is 14.3 Å². The summed E-state index contributed by atoms with van der Waals surface area (Å²) in [6.45, 7) is 3.36. The third-order valence-corrected chi connectivity index (χ3v) is 4.15. The second-order valence-electron chi connectivity index (χ2n) is 5.48. The van der Waals surface area contributed by atoms with Gasteiger partial charge in [-0.3, -0.25) is 9.59 Å². The lowest BCUT2D eigenvalue weighted by Gasteiger charge is -2.16. The highest BCUT2D eigenvalue weighted by Gasteiger charge is 2.48. The molecule has 1 amide bonds. The summed E-state index contributed by atoms with van der Waals surface area (Å²) in [4.78, 5) is 32.9. The molecule has 0 spiro atoms. The number of aromatic nitrogens is 2. The first-order valence-electron chi connectivity index (χ1n) is 7.14. The van der Waals surface area contributed by atoms with Crippen molar-refractivity contribution in [2.24, 2.45) is 11.8 Å². The quantitative estimate of drug-likeness (QED) is 0.831. The Kier molecular flexibility index (Phi) is 3.46. The van der Waals surface area contributed by atoms with E-state index in [4.69, 9.17) is 4.74 Å². The van der Waals surface area contributed by atoms with Crippen molar-refractivity contribution >= 4 is 11.9 Å². The molecule has 1 N–H and O–H groups in total. The van der Waals surface area contributed by atoms with Crippen LogP contribution in [0.5, 0.6) is 0 Å². The molecule has 6 heteroatoms. The molecule has 6 nitrogen and oxygen atoms in total. The molecule has 3 rings (SSSR count). The van der Waals surface area contributed by atoms with Gasteiger partial charge in [0.25, 0.3) is 0 Å². The molecule has 2 heterocycles. The Balaban J connectivity index is 1.54. The number of rotatable bonds is 4. The Morgan fingerprint density at radius 2 is 2.40 bits per heavy atom. The van der Waals surface area contributed by atoms with Gasteiger partial charge < -0.3 is 14.6 Å². The number of carbonyl (C=O) groups is 2. The number of likely N-dealkylation sites (tertiary alicyclic amines) is 1. The summed E-state index contributed by atoms with van der Waals surface area (Å²) in [6, 6.07) is 0.